The van der Waals surface area contributed by atoms with Crippen LogP contribution in [0.25, 0.3) is 0 Å². The number of hydrogen-bond donors (Lipinski definition) is 2. The number of pyridine rings is 1. The van der Waals surface area contributed by atoms with Crippen LogP contribution in [0.5, 0.6) is 0 Å². The van der Waals surface area contributed by atoms with Crippen LogP contribution in [-0.4, -0.2) is 35.4 Å². The van der Waals surface area contributed by atoms with Gasteiger partial charge in [-0.2, -0.15) is 5.26 Å². The molecule has 0 aromatic carbocycles. The second-order valence-corrected chi connectivity index (χ2v) is 5.67. The van der Waals surface area contributed by atoms with Gasteiger partial charge in [0, 0.05) is 19.0 Å². The van der Waals surface area contributed by atoms with E-state index in [9.17, 15) is 14.9 Å². The lowest BCUT2D eigenvalue weighted by molar-refractivity contribution is -0.182. The van der Waals surface area contributed by atoms with Crippen molar-refractivity contribution in [1.82, 2.24) is 10.3 Å². The smallest absolute Gasteiger partial charge is 0.260 e. The Morgan fingerprint density at radius 2 is 1.95 bits per heavy atom. The Morgan fingerprint density at radius 3 is 2.55 bits per heavy atom. The van der Waals surface area contributed by atoms with Crippen LogP contribution in [0.2, 0.25) is 0 Å². The highest BCUT2D eigenvalue weighted by atomic mass is 16.7. The van der Waals surface area contributed by atoms with Gasteiger partial charge in [-0.05, 0) is 25.0 Å². The van der Waals surface area contributed by atoms with Gasteiger partial charge >= 0.3 is 0 Å². The van der Waals surface area contributed by atoms with Gasteiger partial charge in [-0.1, -0.05) is 0 Å². The van der Waals surface area contributed by atoms with Crippen LogP contribution in [-0.2, 0) is 9.47 Å². The number of nitrogens with zero attached hydrogens (tertiary/aromatic N) is 1. The average molecular weight is 303 g/mol. The summed E-state index contributed by atoms with van der Waals surface area (Å²) in [5.74, 6) is -1.14. The largest absolute Gasteiger partial charge is 0.348 e. The standard InChI is InChI=1S/C15H17N3O4/c16-10-14(3-5-15(6-4-14)21-8-9-22-15)18-13(20)11-2-1-7-17-12(11)19/h1-2,7H,3-6,8-9H2,(H,17,19)(H,18,20). The molecule has 0 unspecified atom stereocenters. The fourth-order valence-electron chi connectivity index (χ4n) is 2.99. The molecule has 1 aromatic heterocycles. The predicted molar refractivity (Wildman–Crippen MR) is 76.0 cm³/mol. The van der Waals surface area contributed by atoms with E-state index in [0.717, 1.165) is 0 Å². The Hall–Kier alpha value is -2.17. The molecule has 3 rings (SSSR count). The zero-order valence-corrected chi connectivity index (χ0v) is 12.1. The minimum absolute atomic E-state index is 0.00535. The average Bonchev–Trinajstić information content (AvgIpc) is 2.99. The summed E-state index contributed by atoms with van der Waals surface area (Å²) < 4.78 is 11.3. The van der Waals surface area contributed by atoms with Crippen molar-refractivity contribution in [3.63, 3.8) is 0 Å². The minimum atomic E-state index is -0.986. The molecule has 116 valence electrons. The minimum Gasteiger partial charge on any atom is -0.348 e. The third-order valence-electron chi connectivity index (χ3n) is 4.31. The van der Waals surface area contributed by atoms with Crippen LogP contribution in [0.4, 0.5) is 0 Å². The summed E-state index contributed by atoms with van der Waals surface area (Å²) in [6.07, 6.45) is 3.41. The zero-order valence-electron chi connectivity index (χ0n) is 12.1. The molecular weight excluding hydrogens is 286 g/mol. The summed E-state index contributed by atoms with van der Waals surface area (Å²) in [4.78, 5) is 26.4. The first-order chi connectivity index (χ1) is 10.6. The molecule has 1 aliphatic heterocycles. The molecule has 2 fully saturated rings. The van der Waals surface area contributed by atoms with Crippen molar-refractivity contribution in [2.45, 2.75) is 37.0 Å². The van der Waals surface area contributed by atoms with E-state index in [1.54, 1.807) is 6.07 Å². The molecule has 7 heteroatoms. The van der Waals surface area contributed by atoms with Crippen molar-refractivity contribution in [2.24, 2.45) is 0 Å². The molecule has 2 heterocycles. The third kappa shape index (κ3) is 2.63. The molecule has 0 bridgehead atoms. The van der Waals surface area contributed by atoms with Crippen molar-refractivity contribution < 1.29 is 14.3 Å². The van der Waals surface area contributed by atoms with Crippen molar-refractivity contribution in [1.29, 1.82) is 5.26 Å². The lowest BCUT2D eigenvalue weighted by Crippen LogP contribution is -2.53. The van der Waals surface area contributed by atoms with Crippen molar-refractivity contribution in [2.75, 3.05) is 13.2 Å². The van der Waals surface area contributed by atoms with E-state index in [0.29, 0.717) is 38.9 Å². The molecule has 1 spiro atoms. The van der Waals surface area contributed by atoms with Gasteiger partial charge in [0.25, 0.3) is 11.5 Å². The van der Waals surface area contributed by atoms with Crippen molar-refractivity contribution in [3.8, 4) is 6.07 Å². The van der Waals surface area contributed by atoms with Crippen LogP contribution < -0.4 is 10.9 Å². The number of nitriles is 1. The highest BCUT2D eigenvalue weighted by molar-refractivity contribution is 5.94. The molecule has 2 N–H and O–H groups in total. The van der Waals surface area contributed by atoms with E-state index in [-0.39, 0.29) is 5.56 Å². The van der Waals surface area contributed by atoms with Crippen molar-refractivity contribution >= 4 is 5.91 Å². The first-order valence-corrected chi connectivity index (χ1v) is 7.28. The van der Waals surface area contributed by atoms with Gasteiger partial charge in [0.1, 0.15) is 11.1 Å². The van der Waals surface area contributed by atoms with Crippen LogP contribution in [0.1, 0.15) is 36.0 Å². The van der Waals surface area contributed by atoms with Crippen LogP contribution in [0.15, 0.2) is 23.1 Å². The summed E-state index contributed by atoms with van der Waals surface area (Å²) in [6.45, 7) is 1.12. The topological polar surface area (TPSA) is 104 Å². The molecule has 1 aliphatic carbocycles. The normalized spacial score (nSPS) is 22.1. The molecule has 0 atom stereocenters. The molecule has 1 saturated carbocycles. The quantitative estimate of drug-likeness (QED) is 0.836. The lowest BCUT2D eigenvalue weighted by atomic mass is 9.79. The third-order valence-corrected chi connectivity index (χ3v) is 4.31. The maximum Gasteiger partial charge on any atom is 0.260 e. The SMILES string of the molecule is N#CC1(NC(=O)c2ccc[nH]c2=O)CCC2(CC1)OCCO2. The number of carbonyl (C=O) groups is 1. The number of aromatic amines is 1. The van der Waals surface area contributed by atoms with E-state index in [1.165, 1.54) is 12.3 Å². The second-order valence-electron chi connectivity index (χ2n) is 5.67. The summed E-state index contributed by atoms with van der Waals surface area (Å²) in [5.41, 5.74) is -1.45. The van der Waals surface area contributed by atoms with E-state index >= 15 is 0 Å². The number of nitrogens with one attached hydrogen (secondary N) is 2. The van der Waals surface area contributed by atoms with Crippen LogP contribution >= 0.6 is 0 Å². The Labute approximate surface area is 127 Å². The zero-order chi connectivity index (χ0) is 15.6. The highest BCUT2D eigenvalue weighted by Gasteiger charge is 2.47. The van der Waals surface area contributed by atoms with Gasteiger partial charge in [0.15, 0.2) is 5.79 Å². The Bertz CT molecular complexity index is 660. The number of amides is 1. The second kappa shape index (κ2) is 5.55. The molecule has 2 aliphatic rings. The molecular formula is C15H17N3O4. The first kappa shape index (κ1) is 14.8. The van der Waals surface area contributed by atoms with Crippen LogP contribution in [0, 0.1) is 11.3 Å². The van der Waals surface area contributed by atoms with Crippen LogP contribution in [0.3, 0.4) is 0 Å². The molecule has 1 amide bonds. The lowest BCUT2D eigenvalue weighted by Gasteiger charge is -2.40. The van der Waals surface area contributed by atoms with Gasteiger partial charge in [0.2, 0.25) is 0 Å². The molecule has 1 aromatic rings. The first-order valence-electron chi connectivity index (χ1n) is 7.28. The fourth-order valence-corrected chi connectivity index (χ4v) is 2.99. The predicted octanol–water partition coefficient (Wildman–Crippen LogP) is 0.684. The summed E-state index contributed by atoms with van der Waals surface area (Å²) in [6, 6.07) is 5.20. The fraction of sp³-hybridized carbons (Fsp3) is 0.533. The maximum atomic E-state index is 12.3. The molecule has 1 saturated heterocycles. The monoisotopic (exact) mass is 303 g/mol. The van der Waals surface area contributed by atoms with E-state index in [2.05, 4.69) is 16.4 Å². The number of hydrogen-bond acceptors (Lipinski definition) is 5. The summed E-state index contributed by atoms with van der Waals surface area (Å²) >= 11 is 0. The number of rotatable bonds is 2. The van der Waals surface area contributed by atoms with Gasteiger partial charge < -0.3 is 19.8 Å². The Morgan fingerprint density at radius 1 is 1.27 bits per heavy atom. The van der Waals surface area contributed by atoms with Gasteiger partial charge in [-0.15, -0.1) is 0 Å². The van der Waals surface area contributed by atoms with Crippen molar-refractivity contribution in [3.05, 3.63) is 34.2 Å². The number of ether oxygens (including phenoxy) is 2. The van der Waals surface area contributed by atoms with Gasteiger partial charge in [-0.3, -0.25) is 9.59 Å². The van der Waals surface area contributed by atoms with Gasteiger partial charge in [-0.25, -0.2) is 0 Å². The van der Waals surface area contributed by atoms with E-state index in [4.69, 9.17) is 9.47 Å². The molecule has 7 nitrogen and oxygen atoms in total. The Balaban J connectivity index is 1.73. The summed E-state index contributed by atoms with van der Waals surface area (Å²) in [7, 11) is 0. The molecule has 0 radical (unpaired) electrons. The number of aromatic nitrogens is 1. The highest BCUT2D eigenvalue weighted by Crippen LogP contribution is 2.40. The van der Waals surface area contributed by atoms with E-state index in [1.807, 2.05) is 0 Å². The summed E-state index contributed by atoms with van der Waals surface area (Å²) in [5, 5.41) is 12.2. The maximum absolute atomic E-state index is 12.3. The van der Waals surface area contributed by atoms with Gasteiger partial charge in [0.05, 0.1) is 19.3 Å². The van der Waals surface area contributed by atoms with E-state index < -0.39 is 22.8 Å². The number of H-pyrrole nitrogens is 1. The Kier molecular flexibility index (Phi) is 3.72. The molecule has 22 heavy (non-hydrogen) atoms. The number of carbonyl (C=O) groups excluding carboxylic acids is 1.